The number of carbonyl (C=O) groups is 2. The van der Waals surface area contributed by atoms with Crippen LogP contribution in [0.4, 0.5) is 13.2 Å². The molecule has 324 valence electrons. The van der Waals surface area contributed by atoms with Gasteiger partial charge in [-0.15, -0.1) is 0 Å². The van der Waals surface area contributed by atoms with Crippen molar-refractivity contribution < 1.29 is 46.5 Å². The Bertz CT molecular complexity index is 2150. The van der Waals surface area contributed by atoms with E-state index in [1.54, 1.807) is 12.1 Å². The van der Waals surface area contributed by atoms with E-state index in [0.717, 1.165) is 62.5 Å². The van der Waals surface area contributed by atoms with Crippen LogP contribution in [-0.4, -0.2) is 29.4 Å². The molecular formula is C48H59F3N2O7. The van der Waals surface area contributed by atoms with Gasteiger partial charge in [0.2, 0.25) is 5.69 Å². The fraction of sp³-hybridized carbons (Fsp3) is 0.625. The van der Waals surface area contributed by atoms with Crippen molar-refractivity contribution in [3.63, 3.8) is 0 Å². The van der Waals surface area contributed by atoms with E-state index >= 15 is 0 Å². The topological polar surface area (TPSA) is 115 Å². The molecule has 2 aromatic carbocycles. The van der Waals surface area contributed by atoms with Gasteiger partial charge in [0.25, 0.3) is 5.69 Å². The number of alkyl halides is 3. The van der Waals surface area contributed by atoms with E-state index in [0.29, 0.717) is 29.2 Å². The zero-order valence-electron chi connectivity index (χ0n) is 36.0. The maximum absolute atomic E-state index is 14.7. The predicted molar refractivity (Wildman–Crippen MR) is 216 cm³/mol. The number of carbonyl (C=O) groups excluding carboxylic acids is 2. The van der Waals surface area contributed by atoms with Gasteiger partial charge in [-0.2, -0.15) is 13.2 Å². The van der Waals surface area contributed by atoms with Gasteiger partial charge in [0, 0.05) is 16.1 Å². The van der Waals surface area contributed by atoms with Gasteiger partial charge in [0.05, 0.1) is 12.0 Å². The summed E-state index contributed by atoms with van der Waals surface area (Å²) >= 11 is 0. The summed E-state index contributed by atoms with van der Waals surface area (Å²) in [6.07, 6.45) is 4.52. The smallest absolute Gasteiger partial charge is 0.455 e. The lowest BCUT2D eigenvalue weighted by Crippen LogP contribution is -2.65. The molecule has 1 heterocycles. The molecule has 12 heteroatoms. The van der Waals surface area contributed by atoms with Crippen molar-refractivity contribution in [2.45, 2.75) is 138 Å². The molecule has 0 unspecified atom stereocenters. The van der Waals surface area contributed by atoms with Gasteiger partial charge < -0.3 is 19.4 Å². The second-order valence-corrected chi connectivity index (χ2v) is 20.7. The number of hydrogen-bond acceptors (Lipinski definition) is 8. The fourth-order valence-electron chi connectivity index (χ4n) is 13.3. The van der Waals surface area contributed by atoms with Gasteiger partial charge in [0.1, 0.15) is 18.5 Å². The zero-order valence-corrected chi connectivity index (χ0v) is 36.0. The van der Waals surface area contributed by atoms with Gasteiger partial charge in [-0.1, -0.05) is 103 Å². The summed E-state index contributed by atoms with van der Waals surface area (Å²) in [4.78, 5) is 27.1. The summed E-state index contributed by atoms with van der Waals surface area (Å²) in [7, 11) is 0. The van der Waals surface area contributed by atoms with Crippen molar-refractivity contribution in [1.82, 2.24) is 5.16 Å². The number of nitrogens with zero attached hydrogens (tertiary/aromatic N) is 2. The zero-order chi connectivity index (χ0) is 43.1. The van der Waals surface area contributed by atoms with Crippen LogP contribution in [0, 0.1) is 55.5 Å². The van der Waals surface area contributed by atoms with E-state index in [1.165, 1.54) is 5.57 Å². The number of aromatic nitrogens is 2. The summed E-state index contributed by atoms with van der Waals surface area (Å²) < 4.78 is 62.2. The first-order valence-corrected chi connectivity index (χ1v) is 21.7. The molecule has 0 spiro atoms. The quantitative estimate of drug-likeness (QED) is 0.0954. The van der Waals surface area contributed by atoms with E-state index in [-0.39, 0.29) is 64.3 Å². The third-order valence-corrected chi connectivity index (χ3v) is 16.9. The van der Waals surface area contributed by atoms with E-state index in [1.807, 2.05) is 56.3 Å². The van der Waals surface area contributed by atoms with Crippen molar-refractivity contribution in [3.05, 3.63) is 82.7 Å². The van der Waals surface area contributed by atoms with Crippen LogP contribution in [0.3, 0.4) is 0 Å². The molecule has 8 atom stereocenters. The molecule has 60 heavy (non-hydrogen) atoms. The molecule has 3 aromatic rings. The largest absolute Gasteiger partial charge is 0.490 e. The second kappa shape index (κ2) is 14.7. The van der Waals surface area contributed by atoms with Gasteiger partial charge in [-0.25, -0.2) is 4.79 Å². The monoisotopic (exact) mass is 832 g/mol. The van der Waals surface area contributed by atoms with E-state index in [9.17, 15) is 28.0 Å². The highest BCUT2D eigenvalue weighted by atomic mass is 19.4. The molecule has 0 radical (unpaired) electrons. The summed E-state index contributed by atoms with van der Waals surface area (Å²) in [5.41, 5.74) is 2.08. The lowest BCUT2D eigenvalue weighted by atomic mass is 9.33. The molecular weight excluding hydrogens is 774 g/mol. The molecule has 1 aromatic heterocycles. The molecule has 4 fully saturated rings. The van der Waals surface area contributed by atoms with Gasteiger partial charge >= 0.3 is 18.1 Å². The molecule has 0 amide bonds. The first kappa shape index (κ1) is 42.5. The van der Waals surface area contributed by atoms with Crippen LogP contribution in [0.5, 0.6) is 5.75 Å². The average molecular weight is 833 g/mol. The first-order chi connectivity index (χ1) is 28.1. The molecule has 0 aliphatic heterocycles. The second-order valence-electron chi connectivity index (χ2n) is 20.7. The van der Waals surface area contributed by atoms with Crippen LogP contribution in [0.25, 0.3) is 11.3 Å². The fourth-order valence-corrected chi connectivity index (χ4v) is 13.3. The predicted octanol–water partition coefficient (Wildman–Crippen LogP) is 10.9. The summed E-state index contributed by atoms with van der Waals surface area (Å²) in [6.45, 7) is 16.1. The van der Waals surface area contributed by atoms with Crippen molar-refractivity contribution in [2.75, 3.05) is 0 Å². The number of ether oxygens (including phenoxy) is 3. The Hall–Kier alpha value is -4.19. The molecule has 9 nitrogen and oxygen atoms in total. The molecule has 4 saturated carbocycles. The highest BCUT2D eigenvalue weighted by Gasteiger charge is 2.70. The Balaban J connectivity index is 0.990. The molecule has 5 aliphatic carbocycles. The minimum absolute atomic E-state index is 0.00352. The molecule has 0 bridgehead atoms. The molecule has 8 rings (SSSR count). The van der Waals surface area contributed by atoms with Crippen molar-refractivity contribution in [3.8, 4) is 17.0 Å². The van der Waals surface area contributed by atoms with Crippen LogP contribution < -0.4 is 9.64 Å². The third kappa shape index (κ3) is 6.87. The lowest BCUT2D eigenvalue weighted by molar-refractivity contribution is -0.809. The van der Waals surface area contributed by atoms with Crippen LogP contribution >= 0.6 is 0 Å². The Kier molecular flexibility index (Phi) is 10.4. The highest BCUT2D eigenvalue weighted by Crippen LogP contribution is 2.76. The number of rotatable bonds is 8. The first-order valence-electron chi connectivity index (χ1n) is 21.7. The number of hydrogen-bond donors (Lipinski definition) is 0. The summed E-state index contributed by atoms with van der Waals surface area (Å²) in [5, 5.41) is 16.2. The maximum Gasteiger partial charge on any atom is 0.490 e. The van der Waals surface area contributed by atoms with Crippen molar-refractivity contribution >= 4 is 11.9 Å². The lowest BCUT2D eigenvalue weighted by Gasteiger charge is -2.71. The summed E-state index contributed by atoms with van der Waals surface area (Å²) in [6, 6.07) is 16.6. The highest BCUT2D eigenvalue weighted by molar-refractivity contribution is 5.81. The molecule has 0 saturated heterocycles. The van der Waals surface area contributed by atoms with Crippen LogP contribution in [-0.2, 0) is 32.3 Å². The summed E-state index contributed by atoms with van der Waals surface area (Å²) in [5.74, 6) is -1.38. The van der Waals surface area contributed by atoms with Crippen molar-refractivity contribution in [2.24, 2.45) is 50.2 Å². The number of benzene rings is 2. The Morgan fingerprint density at radius 1 is 0.867 bits per heavy atom. The van der Waals surface area contributed by atoms with Crippen LogP contribution in [0.15, 0.2) is 70.9 Å². The molecule has 0 N–H and O–H groups in total. The Morgan fingerprint density at radius 3 is 2.27 bits per heavy atom. The normalized spacial score (nSPS) is 34.2. The van der Waals surface area contributed by atoms with Gasteiger partial charge in [0.15, 0.2) is 0 Å². The standard InChI is InChI=1S/C48H59F3N2O7/c1-42(2)23-25-47(40(54)58-32-15-13-30(14-16-32)28-57-29-35-39(52-60-53(35)56)31-11-9-8-10-12-31)26-24-45(6)33(34(47)27-42)17-18-37-44(5)21-20-38(59-41(55)48(49,50)51)43(3,4)36(44)19-22-46(37,45)7/h8-17,34,36-38H,18-29H2,1-7H3/t34-,36-,37+,38-,44-,45+,46+,47-/m0/s1. The minimum atomic E-state index is -5.02. The SMILES string of the molecule is CC1(C)CC[C@]2(C(=O)Oc3ccc(COCc4c(-c5ccccc5)no[n+]4[O-])cc3)CC[C@]3(C)C(=CC[C@@H]4[C@@]5(C)CC[C@H](OC(=O)C(F)(F)F)C(C)(C)[C@@H]5CC[C@]43C)[C@@H]2C1. The maximum atomic E-state index is 14.7. The Morgan fingerprint density at radius 2 is 1.57 bits per heavy atom. The number of esters is 2. The van der Waals surface area contributed by atoms with Crippen LogP contribution in [0.1, 0.15) is 124 Å². The number of allylic oxidation sites excluding steroid dienone is 2. The van der Waals surface area contributed by atoms with Gasteiger partial charge in [-0.3, -0.25) is 9.42 Å². The van der Waals surface area contributed by atoms with Gasteiger partial charge in [-0.05, 0) is 126 Å². The number of fused-ring (bicyclic) bond motifs is 7. The van der Waals surface area contributed by atoms with E-state index < -0.39 is 29.1 Å². The molecule has 5 aliphatic rings. The number of halogens is 3. The minimum Gasteiger partial charge on any atom is -0.455 e. The Labute approximate surface area is 350 Å². The average Bonchev–Trinajstić information content (AvgIpc) is 3.56. The van der Waals surface area contributed by atoms with Crippen LogP contribution in [0.2, 0.25) is 0 Å². The third-order valence-electron chi connectivity index (χ3n) is 16.9. The van der Waals surface area contributed by atoms with Crippen molar-refractivity contribution in [1.29, 1.82) is 0 Å². The van der Waals surface area contributed by atoms with E-state index in [2.05, 4.69) is 45.9 Å². The van der Waals surface area contributed by atoms with E-state index in [4.69, 9.17) is 18.8 Å².